The molecule has 1 heterocycles. The maximum Gasteiger partial charge on any atom is 0.246 e. The fourth-order valence-corrected chi connectivity index (χ4v) is 2.63. The number of carbonyl (C=O) groups is 1. The van der Waals surface area contributed by atoms with Gasteiger partial charge in [0.25, 0.3) is 0 Å². The highest BCUT2D eigenvalue weighted by Gasteiger charge is 2.11. The molecule has 0 saturated heterocycles. The predicted molar refractivity (Wildman–Crippen MR) is 105 cm³/mol. The summed E-state index contributed by atoms with van der Waals surface area (Å²) in [5, 5.41) is 12.3. The third kappa shape index (κ3) is 4.70. The smallest absolute Gasteiger partial charge is 0.246 e. The third-order valence-electron chi connectivity index (χ3n) is 4.22. The number of anilines is 1. The lowest BCUT2D eigenvalue weighted by Gasteiger charge is -2.12. The molecule has 1 aromatic carbocycles. The molecule has 1 amide bonds. The minimum Gasteiger partial charge on any atom is -0.384 e. The van der Waals surface area contributed by atoms with Gasteiger partial charge in [-0.1, -0.05) is 13.3 Å². The summed E-state index contributed by atoms with van der Waals surface area (Å²) in [5.41, 5.74) is 10.4. The van der Waals surface area contributed by atoms with E-state index >= 15 is 0 Å². The van der Waals surface area contributed by atoms with Crippen molar-refractivity contribution in [1.29, 1.82) is 5.26 Å². The molecule has 5 heteroatoms. The fourth-order valence-electron chi connectivity index (χ4n) is 2.63. The summed E-state index contributed by atoms with van der Waals surface area (Å²) in [7, 11) is 0. The van der Waals surface area contributed by atoms with Gasteiger partial charge in [-0.2, -0.15) is 5.26 Å². The summed E-state index contributed by atoms with van der Waals surface area (Å²) < 4.78 is 0. The normalized spacial score (nSPS) is 11.1. The van der Waals surface area contributed by atoms with Gasteiger partial charge in [-0.15, -0.1) is 0 Å². The summed E-state index contributed by atoms with van der Waals surface area (Å²) in [6, 6.07) is 9.42. The molecule has 2 rings (SSSR count). The Kier molecular flexibility index (Phi) is 6.51. The van der Waals surface area contributed by atoms with Crippen molar-refractivity contribution in [2.45, 2.75) is 33.6 Å². The first-order chi connectivity index (χ1) is 12.5. The van der Waals surface area contributed by atoms with Crippen molar-refractivity contribution in [2.75, 3.05) is 12.3 Å². The van der Waals surface area contributed by atoms with Gasteiger partial charge < -0.3 is 11.1 Å². The van der Waals surface area contributed by atoms with Gasteiger partial charge in [0.1, 0.15) is 5.82 Å². The highest BCUT2D eigenvalue weighted by Crippen LogP contribution is 2.28. The van der Waals surface area contributed by atoms with E-state index < -0.39 is 0 Å². The molecule has 0 unspecified atom stereocenters. The van der Waals surface area contributed by atoms with Crippen LogP contribution in [-0.2, 0) is 4.79 Å². The van der Waals surface area contributed by atoms with Crippen LogP contribution < -0.4 is 11.1 Å². The number of aromatic nitrogens is 1. The first-order valence-corrected chi connectivity index (χ1v) is 8.69. The molecule has 0 aliphatic carbocycles. The summed E-state index contributed by atoms with van der Waals surface area (Å²) in [5.74, 6) is 0.360. The van der Waals surface area contributed by atoms with E-state index in [0.29, 0.717) is 23.5 Å². The molecule has 0 spiro atoms. The number of hydrogen-bond donors (Lipinski definition) is 2. The molecule has 0 bridgehead atoms. The third-order valence-corrected chi connectivity index (χ3v) is 4.22. The molecule has 0 radical (unpaired) electrons. The Morgan fingerprint density at radius 3 is 2.77 bits per heavy atom. The van der Waals surface area contributed by atoms with Gasteiger partial charge in [0.15, 0.2) is 0 Å². The van der Waals surface area contributed by atoms with Crippen molar-refractivity contribution in [3.63, 3.8) is 0 Å². The zero-order chi connectivity index (χ0) is 19.1. The first-order valence-electron chi connectivity index (χ1n) is 8.69. The molecule has 26 heavy (non-hydrogen) atoms. The molecule has 5 nitrogen and oxygen atoms in total. The number of nitrogens with two attached hydrogens (primary N) is 1. The van der Waals surface area contributed by atoms with Crippen LogP contribution in [0.25, 0.3) is 17.2 Å². The van der Waals surface area contributed by atoms with Crippen LogP contribution in [0.4, 0.5) is 5.82 Å². The Balaban J connectivity index is 2.41. The van der Waals surface area contributed by atoms with E-state index in [1.165, 1.54) is 0 Å². The second-order valence-electron chi connectivity index (χ2n) is 6.26. The van der Waals surface area contributed by atoms with Crippen LogP contribution in [0.5, 0.6) is 0 Å². The van der Waals surface area contributed by atoms with E-state index in [1.807, 2.05) is 25.1 Å². The Morgan fingerprint density at radius 1 is 1.38 bits per heavy atom. The SMILES string of the molecule is CCCCNC(=O)/C(C)=C/c1cc(C#N)cc(-c2ccc(N)nc2)c1C. The minimum atomic E-state index is -0.0871. The average Bonchev–Trinajstić information content (AvgIpc) is 2.64. The van der Waals surface area contributed by atoms with Crippen molar-refractivity contribution in [1.82, 2.24) is 10.3 Å². The van der Waals surface area contributed by atoms with Crippen molar-refractivity contribution in [3.05, 3.63) is 52.7 Å². The van der Waals surface area contributed by atoms with Gasteiger partial charge in [-0.05, 0) is 67.3 Å². The monoisotopic (exact) mass is 348 g/mol. The number of nitrogens with zero attached hydrogens (tertiary/aromatic N) is 2. The molecule has 2 aromatic rings. The number of hydrogen-bond acceptors (Lipinski definition) is 4. The summed E-state index contributed by atoms with van der Waals surface area (Å²) in [6.07, 6.45) is 5.50. The fraction of sp³-hybridized carbons (Fsp3) is 0.286. The van der Waals surface area contributed by atoms with Gasteiger partial charge in [0.05, 0.1) is 11.6 Å². The second-order valence-corrected chi connectivity index (χ2v) is 6.26. The molecule has 0 aliphatic heterocycles. The lowest BCUT2D eigenvalue weighted by Crippen LogP contribution is -2.24. The maximum atomic E-state index is 12.2. The number of nitrogen functional groups attached to an aromatic ring is 1. The molecule has 1 aromatic heterocycles. The Bertz CT molecular complexity index is 861. The summed E-state index contributed by atoms with van der Waals surface area (Å²) in [4.78, 5) is 16.3. The molecular formula is C21H24N4O. The molecule has 0 aliphatic rings. The minimum absolute atomic E-state index is 0.0871. The largest absolute Gasteiger partial charge is 0.384 e. The van der Waals surface area contributed by atoms with Gasteiger partial charge in [0, 0.05) is 23.9 Å². The number of benzene rings is 1. The van der Waals surface area contributed by atoms with Crippen molar-refractivity contribution >= 4 is 17.8 Å². The first kappa shape index (κ1) is 19.2. The van der Waals surface area contributed by atoms with E-state index in [4.69, 9.17) is 5.73 Å². The van der Waals surface area contributed by atoms with E-state index in [1.54, 1.807) is 25.3 Å². The topological polar surface area (TPSA) is 91.8 Å². The molecule has 0 atom stereocenters. The van der Waals surface area contributed by atoms with Crippen molar-refractivity contribution in [2.24, 2.45) is 0 Å². The number of rotatable bonds is 6. The lowest BCUT2D eigenvalue weighted by atomic mass is 9.93. The molecule has 0 saturated carbocycles. The van der Waals surface area contributed by atoms with Crippen LogP contribution in [0.3, 0.4) is 0 Å². The number of carbonyl (C=O) groups excluding carboxylic acids is 1. The number of nitrogens with one attached hydrogen (secondary N) is 1. The lowest BCUT2D eigenvalue weighted by molar-refractivity contribution is -0.117. The van der Waals surface area contributed by atoms with Gasteiger partial charge in [-0.3, -0.25) is 4.79 Å². The quantitative estimate of drug-likeness (QED) is 0.613. The second kappa shape index (κ2) is 8.82. The van der Waals surface area contributed by atoms with Gasteiger partial charge in [-0.25, -0.2) is 4.98 Å². The summed E-state index contributed by atoms with van der Waals surface area (Å²) in [6.45, 7) is 6.50. The highest BCUT2D eigenvalue weighted by molar-refractivity contribution is 5.97. The zero-order valence-electron chi connectivity index (χ0n) is 15.5. The van der Waals surface area contributed by atoms with Crippen LogP contribution >= 0.6 is 0 Å². The Labute approximate surface area is 154 Å². The van der Waals surface area contributed by atoms with Gasteiger partial charge in [0.2, 0.25) is 5.91 Å². The van der Waals surface area contributed by atoms with E-state index in [-0.39, 0.29) is 5.91 Å². The number of nitriles is 1. The molecule has 134 valence electrons. The van der Waals surface area contributed by atoms with Crippen molar-refractivity contribution in [3.8, 4) is 17.2 Å². The van der Waals surface area contributed by atoms with Crippen molar-refractivity contribution < 1.29 is 4.79 Å². The standard InChI is InChI=1S/C21H24N4O/c1-4-5-8-24-21(26)14(2)9-18-10-16(12-22)11-19(15(18)3)17-6-7-20(23)25-13-17/h6-7,9-11,13H,4-5,8H2,1-3H3,(H2,23,25)(H,24,26)/b14-9+. The predicted octanol–water partition coefficient (Wildman–Crippen LogP) is 3.83. The molecular weight excluding hydrogens is 324 g/mol. The zero-order valence-corrected chi connectivity index (χ0v) is 15.5. The Morgan fingerprint density at radius 2 is 2.15 bits per heavy atom. The van der Waals surface area contributed by atoms with Crippen LogP contribution in [0, 0.1) is 18.3 Å². The average molecular weight is 348 g/mol. The van der Waals surface area contributed by atoms with Crippen LogP contribution in [0.2, 0.25) is 0 Å². The Hall–Kier alpha value is -3.13. The van der Waals surface area contributed by atoms with Crippen LogP contribution in [0.1, 0.15) is 43.4 Å². The number of amides is 1. The summed E-state index contributed by atoms with van der Waals surface area (Å²) >= 11 is 0. The number of pyridine rings is 1. The van der Waals surface area contributed by atoms with E-state index in [0.717, 1.165) is 35.1 Å². The van der Waals surface area contributed by atoms with Crippen LogP contribution in [0.15, 0.2) is 36.0 Å². The maximum absolute atomic E-state index is 12.2. The highest BCUT2D eigenvalue weighted by atomic mass is 16.1. The van der Waals surface area contributed by atoms with E-state index in [9.17, 15) is 10.1 Å². The van der Waals surface area contributed by atoms with E-state index in [2.05, 4.69) is 23.3 Å². The molecule has 0 fully saturated rings. The van der Waals surface area contributed by atoms with Gasteiger partial charge >= 0.3 is 0 Å². The van der Waals surface area contributed by atoms with Crippen LogP contribution in [-0.4, -0.2) is 17.4 Å². The number of unbranched alkanes of at least 4 members (excludes halogenated alkanes) is 1. The molecule has 3 N–H and O–H groups in total.